The number of nitrogens with zero attached hydrogens (tertiary/aromatic N) is 1. The second-order valence-corrected chi connectivity index (χ2v) is 5.30. The summed E-state index contributed by atoms with van der Waals surface area (Å²) in [4.78, 5) is 24.8. The fourth-order valence-electron chi connectivity index (χ4n) is 2.27. The van der Waals surface area contributed by atoms with Crippen molar-refractivity contribution in [1.29, 1.82) is 0 Å². The topological polar surface area (TPSA) is 89.9 Å². The summed E-state index contributed by atoms with van der Waals surface area (Å²) >= 11 is 0. The second kappa shape index (κ2) is 5.50. The number of likely N-dealkylation sites (tertiary alicyclic amines) is 1. The van der Waals surface area contributed by atoms with Crippen LogP contribution in [-0.2, 0) is 4.79 Å². The first-order chi connectivity index (χ1) is 9.39. The van der Waals surface area contributed by atoms with Gasteiger partial charge in [0.2, 0.25) is 0 Å². The van der Waals surface area contributed by atoms with E-state index in [4.69, 9.17) is 0 Å². The van der Waals surface area contributed by atoms with Crippen molar-refractivity contribution in [3.8, 4) is 0 Å². The van der Waals surface area contributed by atoms with Crippen molar-refractivity contribution >= 4 is 12.0 Å². The van der Waals surface area contributed by atoms with E-state index in [9.17, 15) is 19.8 Å². The maximum absolute atomic E-state index is 12.1. The molecule has 3 N–H and O–H groups in total. The van der Waals surface area contributed by atoms with E-state index in [1.54, 1.807) is 37.3 Å². The van der Waals surface area contributed by atoms with E-state index in [1.165, 1.54) is 4.90 Å². The van der Waals surface area contributed by atoms with Crippen LogP contribution in [-0.4, -0.2) is 45.8 Å². The Morgan fingerprint density at radius 3 is 2.50 bits per heavy atom. The van der Waals surface area contributed by atoms with E-state index >= 15 is 0 Å². The Morgan fingerprint density at radius 1 is 1.35 bits per heavy atom. The van der Waals surface area contributed by atoms with Crippen molar-refractivity contribution in [2.75, 3.05) is 13.1 Å². The van der Waals surface area contributed by atoms with Gasteiger partial charge in [-0.15, -0.1) is 0 Å². The lowest BCUT2D eigenvalue weighted by atomic mass is 10.1. The molecule has 1 aliphatic heterocycles. The summed E-state index contributed by atoms with van der Waals surface area (Å²) in [6, 6.07) is 6.96. The molecule has 2 amide bonds. The zero-order valence-corrected chi connectivity index (χ0v) is 11.2. The molecule has 1 heterocycles. The maximum Gasteiger partial charge on any atom is 0.330 e. The summed E-state index contributed by atoms with van der Waals surface area (Å²) < 4.78 is 0. The number of nitrogens with one attached hydrogen (secondary N) is 1. The number of amides is 2. The molecule has 6 heteroatoms. The number of hydrogen-bond acceptors (Lipinski definition) is 3. The van der Waals surface area contributed by atoms with Gasteiger partial charge in [0, 0.05) is 6.54 Å². The third-order valence-electron chi connectivity index (χ3n) is 3.39. The van der Waals surface area contributed by atoms with E-state index in [0.29, 0.717) is 18.5 Å². The van der Waals surface area contributed by atoms with Crippen LogP contribution in [0, 0.1) is 0 Å². The molecule has 0 aromatic heterocycles. The van der Waals surface area contributed by atoms with Crippen LogP contribution in [0.15, 0.2) is 30.3 Å². The first-order valence-corrected chi connectivity index (χ1v) is 6.45. The molecule has 0 radical (unpaired) electrons. The van der Waals surface area contributed by atoms with Gasteiger partial charge in [0.1, 0.15) is 0 Å². The number of urea groups is 1. The second-order valence-electron chi connectivity index (χ2n) is 5.30. The van der Waals surface area contributed by atoms with Crippen molar-refractivity contribution in [3.63, 3.8) is 0 Å². The minimum absolute atomic E-state index is 0.208. The van der Waals surface area contributed by atoms with Crippen LogP contribution in [0.25, 0.3) is 0 Å². The summed E-state index contributed by atoms with van der Waals surface area (Å²) in [6.45, 7) is 2.28. The number of carboxylic acid groups (broad SMARTS) is 1. The Labute approximate surface area is 117 Å². The van der Waals surface area contributed by atoms with Gasteiger partial charge in [0.05, 0.1) is 12.1 Å². The average Bonchev–Trinajstić information content (AvgIpc) is 2.77. The highest BCUT2D eigenvalue weighted by Crippen LogP contribution is 2.21. The number of benzene rings is 1. The maximum atomic E-state index is 12.1. The number of aliphatic carboxylic acids is 1. The number of carbonyl (C=O) groups is 2. The van der Waals surface area contributed by atoms with Crippen LogP contribution in [0.3, 0.4) is 0 Å². The van der Waals surface area contributed by atoms with Crippen LogP contribution in [0.1, 0.15) is 24.9 Å². The molecule has 0 spiro atoms. The van der Waals surface area contributed by atoms with Crippen LogP contribution < -0.4 is 5.32 Å². The van der Waals surface area contributed by atoms with Gasteiger partial charge in [-0.2, -0.15) is 0 Å². The van der Waals surface area contributed by atoms with Gasteiger partial charge >= 0.3 is 12.0 Å². The number of β-amino-alcohol motifs (C(OH)–C–C–N with tert-alkyl or cyclic N) is 1. The van der Waals surface area contributed by atoms with Gasteiger partial charge < -0.3 is 20.4 Å². The molecule has 6 nitrogen and oxygen atoms in total. The van der Waals surface area contributed by atoms with Crippen LogP contribution in [0.2, 0.25) is 0 Å². The molecular formula is C14H18N2O4. The van der Waals surface area contributed by atoms with Gasteiger partial charge in [-0.3, -0.25) is 0 Å². The molecule has 2 atom stereocenters. The first-order valence-electron chi connectivity index (χ1n) is 6.45. The summed E-state index contributed by atoms with van der Waals surface area (Å²) in [5.74, 6) is -1.12. The van der Waals surface area contributed by atoms with Crippen LogP contribution in [0.4, 0.5) is 4.79 Å². The van der Waals surface area contributed by atoms with E-state index in [1.807, 2.05) is 0 Å². The van der Waals surface area contributed by atoms with E-state index < -0.39 is 23.6 Å². The summed E-state index contributed by atoms with van der Waals surface area (Å²) in [7, 11) is 0. The molecule has 1 aromatic carbocycles. The highest BCUT2D eigenvalue weighted by Gasteiger charge is 2.35. The molecule has 2 rings (SSSR count). The van der Waals surface area contributed by atoms with Crippen molar-refractivity contribution in [3.05, 3.63) is 35.9 Å². The van der Waals surface area contributed by atoms with Crippen molar-refractivity contribution in [2.45, 2.75) is 25.0 Å². The highest BCUT2D eigenvalue weighted by molar-refractivity contribution is 5.83. The number of carbonyl (C=O) groups excluding carboxylic acids is 1. The molecule has 0 saturated carbocycles. The zero-order chi connectivity index (χ0) is 14.8. The summed E-state index contributed by atoms with van der Waals surface area (Å²) in [5.41, 5.74) is -0.387. The Hall–Kier alpha value is -2.08. The molecule has 0 bridgehead atoms. The Bertz CT molecular complexity index is 501. The summed E-state index contributed by atoms with van der Waals surface area (Å²) in [5, 5.41) is 21.6. The number of hydrogen-bond donors (Lipinski definition) is 3. The fraction of sp³-hybridized carbons (Fsp3) is 0.429. The van der Waals surface area contributed by atoms with Crippen LogP contribution >= 0.6 is 0 Å². The molecule has 1 fully saturated rings. The minimum Gasteiger partial charge on any atom is -0.479 e. The molecule has 108 valence electrons. The van der Waals surface area contributed by atoms with Crippen LogP contribution in [0.5, 0.6) is 0 Å². The largest absolute Gasteiger partial charge is 0.479 e. The third kappa shape index (κ3) is 3.27. The van der Waals surface area contributed by atoms with Gasteiger partial charge in [0.25, 0.3) is 0 Å². The third-order valence-corrected chi connectivity index (χ3v) is 3.39. The van der Waals surface area contributed by atoms with E-state index in [2.05, 4.69) is 5.32 Å². The number of rotatable bonds is 3. The SMILES string of the molecule is CC1(O)CCN(C(=O)N[C@@H](C(=O)O)c2ccccc2)C1. The van der Waals surface area contributed by atoms with Gasteiger partial charge in [0.15, 0.2) is 6.04 Å². The first kappa shape index (κ1) is 14.3. The Morgan fingerprint density at radius 2 is 2.00 bits per heavy atom. The zero-order valence-electron chi connectivity index (χ0n) is 11.2. The summed E-state index contributed by atoms with van der Waals surface area (Å²) in [6.07, 6.45) is 0.490. The normalized spacial score (nSPS) is 23.4. The molecule has 1 aliphatic rings. The van der Waals surface area contributed by atoms with Crippen molar-refractivity contribution in [2.24, 2.45) is 0 Å². The highest BCUT2D eigenvalue weighted by atomic mass is 16.4. The lowest BCUT2D eigenvalue weighted by molar-refractivity contribution is -0.139. The van der Waals surface area contributed by atoms with Crippen molar-refractivity contribution in [1.82, 2.24) is 10.2 Å². The monoisotopic (exact) mass is 278 g/mol. The number of carboxylic acids is 1. The van der Waals surface area contributed by atoms with Gasteiger partial charge in [-0.25, -0.2) is 9.59 Å². The number of aliphatic hydroxyl groups is 1. The smallest absolute Gasteiger partial charge is 0.330 e. The Balaban J connectivity index is 2.06. The fourth-order valence-corrected chi connectivity index (χ4v) is 2.27. The minimum atomic E-state index is -1.12. The molecule has 0 aliphatic carbocycles. The quantitative estimate of drug-likeness (QED) is 0.768. The van der Waals surface area contributed by atoms with Gasteiger partial charge in [-0.05, 0) is 18.9 Å². The average molecular weight is 278 g/mol. The lowest BCUT2D eigenvalue weighted by Crippen LogP contribution is -2.44. The predicted molar refractivity (Wildman–Crippen MR) is 72.2 cm³/mol. The predicted octanol–water partition coefficient (Wildman–Crippen LogP) is 0.979. The molecular weight excluding hydrogens is 260 g/mol. The van der Waals surface area contributed by atoms with E-state index in [0.717, 1.165) is 0 Å². The standard InChI is InChI=1S/C14H18N2O4/c1-14(20)7-8-16(9-14)13(19)15-11(12(17)18)10-5-3-2-4-6-10/h2-6,11,20H,7-9H2,1H3,(H,15,19)(H,17,18)/t11-,14?/m1/s1. The molecule has 20 heavy (non-hydrogen) atoms. The van der Waals surface area contributed by atoms with Crippen molar-refractivity contribution < 1.29 is 19.8 Å². The lowest BCUT2D eigenvalue weighted by Gasteiger charge is -2.22. The van der Waals surface area contributed by atoms with Gasteiger partial charge in [-0.1, -0.05) is 30.3 Å². The molecule has 1 saturated heterocycles. The van der Waals surface area contributed by atoms with E-state index in [-0.39, 0.29) is 6.54 Å². The Kier molecular flexibility index (Phi) is 3.94. The molecule has 1 unspecified atom stereocenters. The molecule has 1 aromatic rings.